The predicted molar refractivity (Wildman–Crippen MR) is 89.6 cm³/mol. The van der Waals surface area contributed by atoms with Crippen LogP contribution in [0.15, 0.2) is 36.4 Å². The zero-order valence-corrected chi connectivity index (χ0v) is 13.7. The van der Waals surface area contributed by atoms with Gasteiger partial charge in [0.2, 0.25) is 11.7 Å². The van der Waals surface area contributed by atoms with Gasteiger partial charge in [-0.2, -0.15) is 0 Å². The summed E-state index contributed by atoms with van der Waals surface area (Å²) in [7, 11) is 1.71. The van der Waals surface area contributed by atoms with Crippen LogP contribution in [0.3, 0.4) is 0 Å². The van der Waals surface area contributed by atoms with Gasteiger partial charge >= 0.3 is 5.97 Å². The number of hydrogen-bond acceptors (Lipinski definition) is 4. The minimum absolute atomic E-state index is 0.0556. The van der Waals surface area contributed by atoms with Crippen molar-refractivity contribution in [1.82, 2.24) is 4.57 Å². The second-order valence-corrected chi connectivity index (χ2v) is 5.21. The molecule has 1 amide bonds. The minimum Gasteiger partial charge on any atom is -0.481 e. The van der Waals surface area contributed by atoms with Gasteiger partial charge in [-0.05, 0) is 19.1 Å². The normalized spacial score (nSPS) is 9.79. The Morgan fingerprint density at radius 2 is 1.62 bits per heavy atom. The number of primary amides is 1. The zero-order valence-electron chi connectivity index (χ0n) is 13.7. The summed E-state index contributed by atoms with van der Waals surface area (Å²) in [5, 5.41) is 8.79. The molecule has 0 saturated carbocycles. The van der Waals surface area contributed by atoms with Gasteiger partial charge in [0.1, 0.15) is 0 Å². The number of aromatic nitrogens is 1. The molecule has 7 heteroatoms. The maximum Gasteiger partial charge on any atom is 0.309 e. The molecule has 0 spiro atoms. The molecule has 0 aliphatic carbocycles. The summed E-state index contributed by atoms with van der Waals surface area (Å²) in [4.78, 5) is 32.5. The lowest BCUT2D eigenvalue weighted by atomic mass is 10.1. The molecule has 1 heterocycles. The Hall–Kier alpha value is -2.93. The zero-order chi connectivity index (χ0) is 18.3. The number of amides is 1. The van der Waals surface area contributed by atoms with Crippen LogP contribution in [-0.4, -0.2) is 33.9 Å². The monoisotopic (exact) mass is 331 g/mol. The molecule has 7 nitrogen and oxygen atoms in total. The van der Waals surface area contributed by atoms with Gasteiger partial charge < -0.3 is 21.1 Å². The smallest absolute Gasteiger partial charge is 0.309 e. The lowest BCUT2D eigenvalue weighted by Crippen LogP contribution is -2.21. The van der Waals surface area contributed by atoms with Gasteiger partial charge in [0.05, 0.1) is 18.7 Å². The highest BCUT2D eigenvalue weighted by molar-refractivity contribution is 6.08. The van der Waals surface area contributed by atoms with Gasteiger partial charge in [-0.25, -0.2) is 0 Å². The first-order valence-corrected chi connectivity index (χ1v) is 7.22. The molecule has 2 aromatic rings. The maximum absolute atomic E-state index is 12.3. The van der Waals surface area contributed by atoms with E-state index in [1.807, 2.05) is 19.1 Å². The Balaban J connectivity index is 0.000000505. The maximum atomic E-state index is 12.3. The lowest BCUT2D eigenvalue weighted by molar-refractivity contribution is -0.136. The summed E-state index contributed by atoms with van der Waals surface area (Å²) in [6.45, 7) is 1.90. The van der Waals surface area contributed by atoms with E-state index >= 15 is 0 Å². The number of aliphatic carboxylic acids is 1. The van der Waals surface area contributed by atoms with Crippen LogP contribution in [0.1, 0.15) is 27.3 Å². The third kappa shape index (κ3) is 5.36. The number of carbonyl (C=O) groups excluding carboxylic acids is 2. The van der Waals surface area contributed by atoms with Crippen molar-refractivity contribution in [2.24, 2.45) is 18.5 Å². The van der Waals surface area contributed by atoms with E-state index in [2.05, 4.69) is 5.73 Å². The van der Waals surface area contributed by atoms with Crippen LogP contribution >= 0.6 is 0 Å². The summed E-state index contributed by atoms with van der Waals surface area (Å²) >= 11 is 0. The van der Waals surface area contributed by atoms with Crippen LogP contribution in [0, 0.1) is 6.92 Å². The van der Waals surface area contributed by atoms with Crippen molar-refractivity contribution in [1.29, 1.82) is 0 Å². The van der Waals surface area contributed by atoms with Gasteiger partial charge in [-0.3, -0.25) is 14.4 Å². The average Bonchev–Trinajstić information content (AvgIpc) is 2.88. The molecular weight excluding hydrogens is 310 g/mol. The topological polar surface area (TPSA) is 128 Å². The van der Waals surface area contributed by atoms with Crippen molar-refractivity contribution < 1.29 is 19.5 Å². The molecule has 0 aliphatic heterocycles. The lowest BCUT2D eigenvalue weighted by Gasteiger charge is -2.06. The standard InChI is InChI=1S/C15H15NO3.C2H6N2O/c1-10-3-5-11(6-4-10)15(19)13-8-7-12(16(13)2)9-14(17)18;3-1-2(4)5/h3-8H,9H2,1-2H3,(H,17,18);1,3H2,(H2,4,5). The number of hydrogen-bond donors (Lipinski definition) is 3. The summed E-state index contributed by atoms with van der Waals surface area (Å²) in [6.07, 6.45) is -0.0856. The third-order valence-corrected chi connectivity index (χ3v) is 3.31. The van der Waals surface area contributed by atoms with E-state index in [4.69, 9.17) is 10.8 Å². The Kier molecular flexibility index (Phi) is 6.88. The van der Waals surface area contributed by atoms with Gasteiger partial charge in [-0.15, -0.1) is 0 Å². The first kappa shape index (κ1) is 19.1. The van der Waals surface area contributed by atoms with E-state index in [1.54, 1.807) is 35.9 Å². The summed E-state index contributed by atoms with van der Waals surface area (Å²) in [6, 6.07) is 10.7. The van der Waals surface area contributed by atoms with Crippen molar-refractivity contribution in [3.05, 3.63) is 58.9 Å². The summed E-state index contributed by atoms with van der Waals surface area (Å²) in [5.74, 6) is -1.47. The SMILES string of the molecule is Cc1ccc(C(=O)c2ccc(CC(=O)O)n2C)cc1.NCC(N)=O. The number of carboxylic acid groups (broad SMARTS) is 1. The number of benzene rings is 1. The second kappa shape index (κ2) is 8.64. The molecule has 0 atom stereocenters. The first-order chi connectivity index (χ1) is 11.3. The number of nitrogens with two attached hydrogens (primary N) is 2. The second-order valence-electron chi connectivity index (χ2n) is 5.21. The van der Waals surface area contributed by atoms with Crippen molar-refractivity contribution in [2.45, 2.75) is 13.3 Å². The molecule has 0 saturated heterocycles. The fraction of sp³-hybridized carbons (Fsp3) is 0.235. The molecule has 0 fully saturated rings. The Morgan fingerprint density at radius 1 is 1.08 bits per heavy atom. The summed E-state index contributed by atoms with van der Waals surface area (Å²) < 4.78 is 1.64. The molecule has 1 aromatic heterocycles. The molecule has 1 aromatic carbocycles. The molecule has 5 N–H and O–H groups in total. The van der Waals surface area contributed by atoms with Gasteiger partial charge in [0.15, 0.2) is 0 Å². The van der Waals surface area contributed by atoms with Gasteiger partial charge in [-0.1, -0.05) is 29.8 Å². The summed E-state index contributed by atoms with van der Waals surface area (Å²) in [5.41, 5.74) is 12.0. The Bertz CT molecular complexity index is 733. The van der Waals surface area contributed by atoms with Crippen molar-refractivity contribution in [3.63, 3.8) is 0 Å². The molecule has 128 valence electrons. The van der Waals surface area contributed by atoms with Crippen LogP contribution in [-0.2, 0) is 23.1 Å². The Labute approximate surface area is 139 Å². The van der Waals surface area contributed by atoms with Crippen LogP contribution in [0.2, 0.25) is 0 Å². The quantitative estimate of drug-likeness (QED) is 0.692. The molecule has 0 bridgehead atoms. The number of nitrogens with zero attached hydrogens (tertiary/aromatic N) is 1. The van der Waals surface area contributed by atoms with Crippen LogP contribution in [0.4, 0.5) is 0 Å². The highest BCUT2D eigenvalue weighted by Gasteiger charge is 2.15. The van der Waals surface area contributed by atoms with Crippen LogP contribution < -0.4 is 11.5 Å². The van der Waals surface area contributed by atoms with Gasteiger partial charge in [0.25, 0.3) is 0 Å². The molecule has 0 unspecified atom stereocenters. The number of rotatable bonds is 5. The first-order valence-electron chi connectivity index (χ1n) is 7.22. The number of carboxylic acids is 1. The third-order valence-electron chi connectivity index (χ3n) is 3.31. The molecule has 2 rings (SSSR count). The fourth-order valence-corrected chi connectivity index (χ4v) is 1.97. The van der Waals surface area contributed by atoms with Crippen molar-refractivity contribution in [3.8, 4) is 0 Å². The van der Waals surface area contributed by atoms with E-state index in [0.717, 1.165) is 5.56 Å². The highest BCUT2D eigenvalue weighted by atomic mass is 16.4. The molecular formula is C17H21N3O4. The van der Waals surface area contributed by atoms with E-state index in [9.17, 15) is 14.4 Å². The average molecular weight is 331 g/mol. The highest BCUT2D eigenvalue weighted by Crippen LogP contribution is 2.14. The van der Waals surface area contributed by atoms with Crippen LogP contribution in [0.25, 0.3) is 0 Å². The van der Waals surface area contributed by atoms with E-state index < -0.39 is 11.9 Å². The number of aryl methyl sites for hydroxylation is 1. The van der Waals surface area contributed by atoms with E-state index in [1.165, 1.54) is 0 Å². The predicted octanol–water partition coefficient (Wildman–Crippen LogP) is 0.622. The fourth-order valence-electron chi connectivity index (χ4n) is 1.97. The largest absolute Gasteiger partial charge is 0.481 e. The molecule has 0 radical (unpaired) electrons. The van der Waals surface area contributed by atoms with Gasteiger partial charge in [0, 0.05) is 18.3 Å². The van der Waals surface area contributed by atoms with E-state index in [-0.39, 0.29) is 18.7 Å². The molecule has 24 heavy (non-hydrogen) atoms. The molecule has 0 aliphatic rings. The van der Waals surface area contributed by atoms with Crippen LogP contribution in [0.5, 0.6) is 0 Å². The van der Waals surface area contributed by atoms with E-state index in [0.29, 0.717) is 17.0 Å². The van der Waals surface area contributed by atoms with Crippen molar-refractivity contribution in [2.75, 3.05) is 6.54 Å². The Morgan fingerprint density at radius 3 is 2.08 bits per heavy atom. The number of ketones is 1. The number of carbonyl (C=O) groups is 3. The minimum atomic E-state index is -0.907. The van der Waals surface area contributed by atoms with Crippen molar-refractivity contribution >= 4 is 17.7 Å².